The number of hydrogen-bond acceptors (Lipinski definition) is 3. The zero-order valence-corrected chi connectivity index (χ0v) is 18.0. The van der Waals surface area contributed by atoms with E-state index in [0.717, 1.165) is 20.8 Å². The third-order valence-electron chi connectivity index (χ3n) is 4.30. The molecule has 0 saturated heterocycles. The van der Waals surface area contributed by atoms with E-state index in [1.54, 1.807) is 12.1 Å². The Kier molecular flexibility index (Phi) is 6.88. The summed E-state index contributed by atoms with van der Waals surface area (Å²) in [4.78, 5) is 25.0. The molecule has 0 heterocycles. The van der Waals surface area contributed by atoms with E-state index in [1.165, 1.54) is 0 Å². The van der Waals surface area contributed by atoms with Crippen molar-refractivity contribution >= 4 is 38.5 Å². The van der Waals surface area contributed by atoms with Crippen molar-refractivity contribution < 1.29 is 14.3 Å². The molecule has 0 saturated carbocycles. The van der Waals surface area contributed by atoms with E-state index in [0.29, 0.717) is 23.8 Å². The van der Waals surface area contributed by atoms with Crippen LogP contribution in [0.5, 0.6) is 5.75 Å². The first-order chi connectivity index (χ1) is 13.9. The van der Waals surface area contributed by atoms with E-state index in [2.05, 4.69) is 26.8 Å². The number of hydrazine groups is 1. The van der Waals surface area contributed by atoms with E-state index in [-0.39, 0.29) is 12.3 Å². The van der Waals surface area contributed by atoms with Crippen molar-refractivity contribution in [2.24, 2.45) is 5.92 Å². The summed E-state index contributed by atoms with van der Waals surface area (Å²) in [5.41, 5.74) is 6.23. The Morgan fingerprint density at radius 1 is 1.00 bits per heavy atom. The molecule has 0 aliphatic heterocycles. The first-order valence-corrected chi connectivity index (χ1v) is 10.2. The van der Waals surface area contributed by atoms with Crippen LogP contribution in [-0.4, -0.2) is 18.4 Å². The van der Waals surface area contributed by atoms with Crippen molar-refractivity contribution in [2.45, 2.75) is 20.3 Å². The fourth-order valence-corrected chi connectivity index (χ4v) is 3.28. The van der Waals surface area contributed by atoms with Crippen LogP contribution in [0.25, 0.3) is 10.8 Å². The quantitative estimate of drug-likeness (QED) is 0.533. The van der Waals surface area contributed by atoms with Crippen LogP contribution in [0.4, 0.5) is 0 Å². The van der Waals surface area contributed by atoms with Crippen LogP contribution in [0.3, 0.4) is 0 Å². The molecule has 150 valence electrons. The highest BCUT2D eigenvalue weighted by Gasteiger charge is 2.15. The van der Waals surface area contributed by atoms with Crippen molar-refractivity contribution in [3.63, 3.8) is 0 Å². The summed E-state index contributed by atoms with van der Waals surface area (Å²) in [5.74, 6) is 0.0725. The lowest BCUT2D eigenvalue weighted by atomic mass is 10.0. The van der Waals surface area contributed by atoms with Gasteiger partial charge in [-0.15, -0.1) is 0 Å². The van der Waals surface area contributed by atoms with Crippen LogP contribution < -0.4 is 15.6 Å². The number of rotatable bonds is 6. The van der Waals surface area contributed by atoms with E-state index in [9.17, 15) is 9.59 Å². The van der Waals surface area contributed by atoms with Crippen LogP contribution in [0.1, 0.15) is 29.8 Å². The van der Waals surface area contributed by atoms with E-state index < -0.39 is 5.91 Å². The van der Waals surface area contributed by atoms with Gasteiger partial charge in [-0.1, -0.05) is 72.2 Å². The highest BCUT2D eigenvalue weighted by Crippen LogP contribution is 2.24. The van der Waals surface area contributed by atoms with Gasteiger partial charge in [0.25, 0.3) is 5.91 Å². The molecule has 0 aromatic heterocycles. The van der Waals surface area contributed by atoms with Crippen molar-refractivity contribution in [3.05, 3.63) is 76.3 Å². The number of amides is 2. The second kappa shape index (κ2) is 9.56. The molecule has 0 fully saturated rings. The summed E-state index contributed by atoms with van der Waals surface area (Å²) in [7, 11) is 0. The molecule has 0 bridgehead atoms. The summed E-state index contributed by atoms with van der Waals surface area (Å²) in [5, 5.41) is 2.09. The van der Waals surface area contributed by atoms with Gasteiger partial charge >= 0.3 is 0 Å². The third kappa shape index (κ3) is 5.57. The van der Waals surface area contributed by atoms with E-state index in [4.69, 9.17) is 4.74 Å². The van der Waals surface area contributed by atoms with Crippen LogP contribution in [-0.2, 0) is 11.2 Å². The summed E-state index contributed by atoms with van der Waals surface area (Å²) in [6.07, 6.45) is 0.164. The summed E-state index contributed by atoms with van der Waals surface area (Å²) in [6, 6.07) is 18.9. The maximum atomic E-state index is 12.6. The maximum absolute atomic E-state index is 12.6. The Morgan fingerprint density at radius 2 is 1.76 bits per heavy atom. The fraction of sp³-hybridized carbons (Fsp3) is 0.217. The number of ether oxygens (including phenoxy) is 1. The van der Waals surface area contributed by atoms with Crippen molar-refractivity contribution in [2.75, 3.05) is 6.61 Å². The molecule has 3 rings (SSSR count). The molecular weight excluding hydrogens is 432 g/mol. The molecule has 3 aromatic rings. The lowest BCUT2D eigenvalue weighted by Gasteiger charge is -2.14. The molecule has 3 aromatic carbocycles. The van der Waals surface area contributed by atoms with Crippen LogP contribution in [0.15, 0.2) is 65.1 Å². The SMILES string of the molecule is CC(C)COc1ccc(Br)cc1C(=O)NNC(=O)Cc1cccc2ccccc12. The van der Waals surface area contributed by atoms with Crippen molar-refractivity contribution in [1.29, 1.82) is 0 Å². The van der Waals surface area contributed by atoms with Crippen LogP contribution in [0, 0.1) is 5.92 Å². The van der Waals surface area contributed by atoms with Gasteiger partial charge in [-0.2, -0.15) is 0 Å². The fourth-order valence-electron chi connectivity index (χ4n) is 2.92. The monoisotopic (exact) mass is 454 g/mol. The largest absolute Gasteiger partial charge is 0.492 e. The normalized spacial score (nSPS) is 10.8. The van der Waals surface area contributed by atoms with Gasteiger partial charge in [0.1, 0.15) is 5.75 Å². The molecule has 6 heteroatoms. The minimum absolute atomic E-state index is 0.164. The predicted molar refractivity (Wildman–Crippen MR) is 118 cm³/mol. The molecule has 2 amide bonds. The summed E-state index contributed by atoms with van der Waals surface area (Å²) < 4.78 is 6.48. The van der Waals surface area contributed by atoms with Crippen molar-refractivity contribution in [3.8, 4) is 5.75 Å². The number of carbonyl (C=O) groups is 2. The molecule has 0 spiro atoms. The number of halogens is 1. The molecule has 29 heavy (non-hydrogen) atoms. The number of carbonyl (C=O) groups excluding carboxylic acids is 2. The highest BCUT2D eigenvalue weighted by molar-refractivity contribution is 9.10. The molecule has 0 atom stereocenters. The maximum Gasteiger partial charge on any atom is 0.273 e. The van der Waals surface area contributed by atoms with Gasteiger partial charge in [-0.25, -0.2) is 0 Å². The van der Waals surface area contributed by atoms with Gasteiger partial charge < -0.3 is 4.74 Å². The van der Waals surface area contributed by atoms with Crippen LogP contribution >= 0.6 is 15.9 Å². The Labute approximate surface area is 178 Å². The minimum atomic E-state index is -0.434. The third-order valence-corrected chi connectivity index (χ3v) is 4.80. The standard InChI is InChI=1S/C23H23BrN2O3/c1-15(2)14-29-21-11-10-18(24)13-20(21)23(28)26-25-22(27)12-17-8-5-7-16-6-3-4-9-19(16)17/h3-11,13,15H,12,14H2,1-2H3,(H,25,27)(H,26,28). The molecule has 5 nitrogen and oxygen atoms in total. The van der Waals surface area contributed by atoms with Gasteiger partial charge in [0.2, 0.25) is 5.91 Å². The second-order valence-corrected chi connectivity index (χ2v) is 8.08. The zero-order valence-electron chi connectivity index (χ0n) is 16.4. The first-order valence-electron chi connectivity index (χ1n) is 9.42. The topological polar surface area (TPSA) is 67.4 Å². The zero-order chi connectivity index (χ0) is 20.8. The lowest BCUT2D eigenvalue weighted by molar-refractivity contribution is -0.121. The molecular formula is C23H23BrN2O3. The van der Waals surface area contributed by atoms with Gasteiger partial charge in [-0.3, -0.25) is 20.4 Å². The average molecular weight is 455 g/mol. The number of benzene rings is 3. The Bertz CT molecular complexity index is 1030. The average Bonchev–Trinajstić information content (AvgIpc) is 2.71. The smallest absolute Gasteiger partial charge is 0.273 e. The van der Waals surface area contributed by atoms with E-state index >= 15 is 0 Å². The van der Waals surface area contributed by atoms with E-state index in [1.807, 2.05) is 62.4 Å². The first kappa shape index (κ1) is 20.9. The molecule has 0 aliphatic carbocycles. The van der Waals surface area contributed by atoms with Gasteiger partial charge in [0, 0.05) is 4.47 Å². The number of nitrogens with one attached hydrogen (secondary N) is 2. The molecule has 0 aliphatic rings. The van der Waals surface area contributed by atoms with Gasteiger partial charge in [-0.05, 0) is 40.5 Å². The summed E-state index contributed by atoms with van der Waals surface area (Å²) >= 11 is 3.37. The highest BCUT2D eigenvalue weighted by atomic mass is 79.9. The predicted octanol–water partition coefficient (Wildman–Crippen LogP) is 4.64. The van der Waals surface area contributed by atoms with Gasteiger partial charge in [0.15, 0.2) is 0 Å². The second-order valence-electron chi connectivity index (χ2n) is 7.16. The van der Waals surface area contributed by atoms with Crippen LogP contribution in [0.2, 0.25) is 0 Å². The molecule has 0 unspecified atom stereocenters. The Balaban J connectivity index is 1.66. The van der Waals surface area contributed by atoms with Crippen molar-refractivity contribution in [1.82, 2.24) is 10.9 Å². The Morgan fingerprint density at radius 3 is 2.55 bits per heavy atom. The molecule has 2 N–H and O–H groups in total. The number of fused-ring (bicyclic) bond motifs is 1. The van der Waals surface area contributed by atoms with Gasteiger partial charge in [0.05, 0.1) is 18.6 Å². The number of hydrogen-bond donors (Lipinski definition) is 2. The minimum Gasteiger partial charge on any atom is -0.492 e. The molecule has 0 radical (unpaired) electrons. The Hall–Kier alpha value is -2.86. The lowest BCUT2D eigenvalue weighted by Crippen LogP contribution is -2.42. The summed E-state index contributed by atoms with van der Waals surface area (Å²) in [6.45, 7) is 4.56.